The average Bonchev–Trinajstić information content (AvgIpc) is 1.21. The Hall–Kier alpha value is -0.210. The molecule has 0 radical (unpaired) electrons. The zero-order valence-electron chi connectivity index (χ0n) is 4.92. The van der Waals surface area contributed by atoms with E-state index in [9.17, 15) is 13.2 Å². The van der Waals surface area contributed by atoms with E-state index in [4.69, 9.17) is 0 Å². The Balaban J connectivity index is 3.39. The van der Waals surface area contributed by atoms with Crippen LogP contribution in [0, 0.1) is 0 Å². The van der Waals surface area contributed by atoms with Gasteiger partial charge < -0.3 is 0 Å². The molecule has 3 heteroatoms. The summed E-state index contributed by atoms with van der Waals surface area (Å²) in [7, 11) is 0. The van der Waals surface area contributed by atoms with Gasteiger partial charge in [0.25, 0.3) is 0 Å². The molecule has 0 aromatic carbocycles. The molecule has 0 bridgehead atoms. The summed E-state index contributed by atoms with van der Waals surface area (Å²) >= 11 is 0. The third-order valence-electron chi connectivity index (χ3n) is 0.640. The highest BCUT2D eigenvalue weighted by Crippen LogP contribution is 2.19. The summed E-state index contributed by atoms with van der Waals surface area (Å²) in [6.07, 6.45) is -2.08. The van der Waals surface area contributed by atoms with Crippen LogP contribution in [0.4, 0.5) is 13.2 Å². The lowest BCUT2D eigenvalue weighted by molar-refractivity contribution is -0.00646. The molecule has 0 rings (SSSR count). The molecule has 1 atom stereocenters. The van der Waals surface area contributed by atoms with Crippen LogP contribution in [0.2, 0.25) is 0 Å². The number of rotatable bonds is 2. The van der Waals surface area contributed by atoms with Crippen molar-refractivity contribution < 1.29 is 13.2 Å². The minimum atomic E-state index is -2.85. The molecular weight excluding hydrogens is 117 g/mol. The van der Waals surface area contributed by atoms with Gasteiger partial charge in [0.1, 0.15) is 6.17 Å². The van der Waals surface area contributed by atoms with Crippen molar-refractivity contribution in [3.05, 3.63) is 0 Å². The van der Waals surface area contributed by atoms with Crippen LogP contribution in [-0.2, 0) is 0 Å². The maximum Gasteiger partial charge on any atom is 0.248 e. The first-order chi connectivity index (χ1) is 3.42. The van der Waals surface area contributed by atoms with Crippen molar-refractivity contribution in [2.45, 2.75) is 32.4 Å². The predicted octanol–water partition coefficient (Wildman–Crippen LogP) is 2.39. The molecule has 0 fully saturated rings. The fourth-order valence-electron chi connectivity index (χ4n) is 0.494. The molecule has 0 saturated heterocycles. The van der Waals surface area contributed by atoms with Crippen molar-refractivity contribution in [1.82, 2.24) is 0 Å². The molecule has 0 nitrogen and oxygen atoms in total. The first-order valence-corrected chi connectivity index (χ1v) is 2.44. The van der Waals surface area contributed by atoms with Crippen molar-refractivity contribution in [3.63, 3.8) is 0 Å². The van der Waals surface area contributed by atoms with Crippen LogP contribution >= 0.6 is 0 Å². The van der Waals surface area contributed by atoms with Gasteiger partial charge in [0, 0.05) is 6.42 Å². The maximum absolute atomic E-state index is 11.7. The average molecular weight is 126 g/mol. The Labute approximate surface area is 46.7 Å². The molecule has 0 aromatic heterocycles. The molecule has 8 heavy (non-hydrogen) atoms. The van der Waals surface area contributed by atoms with Gasteiger partial charge in [0.2, 0.25) is 5.92 Å². The Morgan fingerprint density at radius 2 is 1.88 bits per heavy atom. The predicted molar refractivity (Wildman–Crippen MR) is 25.8 cm³/mol. The SMILES string of the molecule is CC(F)CC(C)(F)F. The number of hydrogen-bond donors (Lipinski definition) is 0. The summed E-state index contributed by atoms with van der Waals surface area (Å²) in [6, 6.07) is 0. The lowest BCUT2D eigenvalue weighted by Crippen LogP contribution is -2.14. The number of halogens is 3. The second-order valence-corrected chi connectivity index (χ2v) is 2.06. The molecule has 1 unspecified atom stereocenters. The highest BCUT2D eigenvalue weighted by molar-refractivity contribution is 4.61. The van der Waals surface area contributed by atoms with Crippen LogP contribution in [0.25, 0.3) is 0 Å². The van der Waals surface area contributed by atoms with Gasteiger partial charge in [0.05, 0.1) is 0 Å². The smallest absolute Gasteiger partial charge is 0.248 e. The fourth-order valence-corrected chi connectivity index (χ4v) is 0.494. The molecule has 0 saturated carbocycles. The molecule has 0 amide bonds. The standard InChI is InChI=1S/C5H9F3/c1-4(6)3-5(2,7)8/h4H,3H2,1-2H3. The molecule has 0 spiro atoms. The Morgan fingerprint density at radius 1 is 1.50 bits per heavy atom. The van der Waals surface area contributed by atoms with Crippen molar-refractivity contribution in [2.24, 2.45) is 0 Å². The summed E-state index contributed by atoms with van der Waals surface area (Å²) in [5, 5.41) is 0. The van der Waals surface area contributed by atoms with Crippen LogP contribution in [0.15, 0.2) is 0 Å². The molecule has 0 N–H and O–H groups in total. The second-order valence-electron chi connectivity index (χ2n) is 2.06. The monoisotopic (exact) mass is 126 g/mol. The normalized spacial score (nSPS) is 16.1. The highest BCUT2D eigenvalue weighted by Gasteiger charge is 2.23. The Morgan fingerprint density at radius 3 is 1.88 bits per heavy atom. The number of hydrogen-bond acceptors (Lipinski definition) is 0. The summed E-state index contributed by atoms with van der Waals surface area (Å²) in [5.41, 5.74) is 0. The van der Waals surface area contributed by atoms with Crippen molar-refractivity contribution >= 4 is 0 Å². The molecule has 0 aliphatic heterocycles. The van der Waals surface area contributed by atoms with Gasteiger partial charge in [-0.15, -0.1) is 0 Å². The third-order valence-corrected chi connectivity index (χ3v) is 0.640. The minimum Gasteiger partial charge on any atom is -0.248 e. The Bertz CT molecular complexity index is 62.6. The van der Waals surface area contributed by atoms with Gasteiger partial charge in [-0.1, -0.05) is 0 Å². The van der Waals surface area contributed by atoms with E-state index >= 15 is 0 Å². The molecule has 0 heterocycles. The van der Waals surface area contributed by atoms with Crippen molar-refractivity contribution in [1.29, 1.82) is 0 Å². The lowest BCUT2D eigenvalue weighted by atomic mass is 10.2. The van der Waals surface area contributed by atoms with E-state index in [0.29, 0.717) is 6.92 Å². The van der Waals surface area contributed by atoms with E-state index in [2.05, 4.69) is 0 Å². The molecular formula is C5H9F3. The third kappa shape index (κ3) is 5.79. The summed E-state index contributed by atoms with van der Waals surface area (Å²) in [6.45, 7) is 1.83. The van der Waals surface area contributed by atoms with Crippen LogP contribution in [-0.4, -0.2) is 12.1 Å². The van der Waals surface area contributed by atoms with Gasteiger partial charge in [-0.05, 0) is 13.8 Å². The fraction of sp³-hybridized carbons (Fsp3) is 1.00. The summed E-state index contributed by atoms with van der Waals surface area (Å²) in [4.78, 5) is 0. The van der Waals surface area contributed by atoms with Gasteiger partial charge in [-0.2, -0.15) is 0 Å². The van der Waals surface area contributed by atoms with Gasteiger partial charge in [0.15, 0.2) is 0 Å². The van der Waals surface area contributed by atoms with E-state index in [1.165, 1.54) is 0 Å². The van der Waals surface area contributed by atoms with Crippen LogP contribution in [0.1, 0.15) is 20.3 Å². The van der Waals surface area contributed by atoms with E-state index in [-0.39, 0.29) is 0 Å². The van der Waals surface area contributed by atoms with Crippen molar-refractivity contribution in [3.8, 4) is 0 Å². The lowest BCUT2D eigenvalue weighted by Gasteiger charge is -2.08. The van der Waals surface area contributed by atoms with Crippen molar-refractivity contribution in [2.75, 3.05) is 0 Å². The zero-order valence-corrected chi connectivity index (χ0v) is 4.92. The topological polar surface area (TPSA) is 0 Å². The first kappa shape index (κ1) is 7.79. The van der Waals surface area contributed by atoms with Crippen LogP contribution < -0.4 is 0 Å². The molecule has 0 aliphatic rings. The number of alkyl halides is 3. The summed E-state index contributed by atoms with van der Waals surface area (Å²) < 4.78 is 35.2. The largest absolute Gasteiger partial charge is 0.248 e. The first-order valence-electron chi connectivity index (χ1n) is 2.44. The van der Waals surface area contributed by atoms with Gasteiger partial charge in [-0.3, -0.25) is 0 Å². The molecule has 0 aromatic rings. The van der Waals surface area contributed by atoms with E-state index < -0.39 is 18.5 Å². The van der Waals surface area contributed by atoms with Gasteiger partial charge in [-0.25, -0.2) is 13.2 Å². The molecule has 50 valence electrons. The maximum atomic E-state index is 11.7. The van der Waals surface area contributed by atoms with E-state index in [1.54, 1.807) is 0 Å². The second kappa shape index (κ2) is 2.37. The highest BCUT2D eigenvalue weighted by atomic mass is 19.3. The Kier molecular flexibility index (Phi) is 2.31. The minimum absolute atomic E-state index is 0.674. The van der Waals surface area contributed by atoms with Gasteiger partial charge >= 0.3 is 0 Å². The van der Waals surface area contributed by atoms with E-state index in [1.807, 2.05) is 0 Å². The zero-order chi connectivity index (χ0) is 6.78. The summed E-state index contributed by atoms with van der Waals surface area (Å²) in [5.74, 6) is -2.85. The molecule has 0 aliphatic carbocycles. The quantitative estimate of drug-likeness (QED) is 0.533. The van der Waals surface area contributed by atoms with Crippen LogP contribution in [0.3, 0.4) is 0 Å². The van der Waals surface area contributed by atoms with E-state index in [0.717, 1.165) is 6.92 Å². The van der Waals surface area contributed by atoms with Crippen LogP contribution in [0.5, 0.6) is 0 Å².